The maximum Gasteiger partial charge on any atom is 0.341 e. The second kappa shape index (κ2) is 16.9. The molecule has 0 bridgehead atoms. The maximum absolute atomic E-state index is 5.86. The van der Waals surface area contributed by atoms with E-state index in [1.165, 1.54) is 89.9 Å². The van der Waals surface area contributed by atoms with Crippen LogP contribution in [0.25, 0.3) is 0 Å². The molecule has 0 fully saturated rings. The summed E-state index contributed by atoms with van der Waals surface area (Å²) in [7, 11) is 0. The van der Waals surface area contributed by atoms with Gasteiger partial charge in [0.15, 0.2) is 0 Å². The van der Waals surface area contributed by atoms with Crippen molar-refractivity contribution in [2.75, 3.05) is 6.54 Å². The highest BCUT2D eigenvalue weighted by Crippen LogP contribution is 2.27. The van der Waals surface area contributed by atoms with Crippen LogP contribution in [0.3, 0.4) is 0 Å². The highest BCUT2D eigenvalue weighted by Gasteiger charge is 2.23. The molecule has 0 aromatic rings. The van der Waals surface area contributed by atoms with Crippen LogP contribution >= 0.6 is 33.2 Å². The zero-order valence-corrected chi connectivity index (χ0v) is 17.5. The first-order valence-electron chi connectivity index (χ1n) is 9.33. The van der Waals surface area contributed by atoms with E-state index >= 15 is 0 Å². The first kappa shape index (κ1) is 23.0. The zero-order chi connectivity index (χ0) is 16.5. The van der Waals surface area contributed by atoms with Gasteiger partial charge in [0.2, 0.25) is 0 Å². The van der Waals surface area contributed by atoms with Crippen LogP contribution in [0.4, 0.5) is 0 Å². The van der Waals surface area contributed by atoms with Gasteiger partial charge in [-0.25, -0.2) is 0 Å². The molecule has 0 aliphatic rings. The molecule has 0 unspecified atom stereocenters. The molecular weight excluding hydrogens is 353 g/mol. The molecule has 0 rings (SSSR count). The Morgan fingerprint density at radius 1 is 0.455 bits per heavy atom. The first-order valence-corrected chi connectivity index (χ1v) is 14.6. The molecule has 134 valence electrons. The molecule has 5 heteroatoms. The van der Waals surface area contributed by atoms with Crippen molar-refractivity contribution >= 4 is 39.2 Å². The molecule has 0 spiro atoms. The largest absolute Gasteiger partial charge is 0.341 e. The van der Waals surface area contributed by atoms with Crippen LogP contribution in [-0.4, -0.2) is 12.5 Å². The summed E-state index contributed by atoms with van der Waals surface area (Å²) in [5.41, 5.74) is 5.49. The second-order valence-electron chi connectivity index (χ2n) is 6.46. The van der Waals surface area contributed by atoms with E-state index < -0.39 is 6.00 Å². The molecule has 0 atom stereocenters. The lowest BCUT2D eigenvalue weighted by atomic mass is 10.0. The van der Waals surface area contributed by atoms with Crippen LogP contribution in [0.2, 0.25) is 6.04 Å². The fraction of sp³-hybridized carbons (Fsp3) is 1.00. The molecule has 0 heterocycles. The summed E-state index contributed by atoms with van der Waals surface area (Å²) in [5, 5.41) is 0. The number of hydrogen-bond acceptors (Lipinski definition) is 1. The van der Waals surface area contributed by atoms with Crippen molar-refractivity contribution in [3.05, 3.63) is 0 Å². The maximum atomic E-state index is 5.86. The molecule has 2 N–H and O–H groups in total. The SMILES string of the molecule is NCCCCCCCCCCCCCCCCC[Si](Cl)(Cl)Cl. The minimum Gasteiger partial charge on any atom is -0.330 e. The van der Waals surface area contributed by atoms with Crippen molar-refractivity contribution in [3.63, 3.8) is 0 Å². The van der Waals surface area contributed by atoms with Gasteiger partial charge < -0.3 is 5.73 Å². The van der Waals surface area contributed by atoms with Crippen molar-refractivity contribution in [1.29, 1.82) is 0 Å². The zero-order valence-electron chi connectivity index (χ0n) is 14.2. The lowest BCUT2D eigenvalue weighted by Crippen LogP contribution is -2.07. The van der Waals surface area contributed by atoms with Gasteiger partial charge in [0.25, 0.3) is 0 Å². The first-order chi connectivity index (χ1) is 10.6. The highest BCUT2D eigenvalue weighted by atomic mass is 35.8. The van der Waals surface area contributed by atoms with Gasteiger partial charge in [-0.2, -0.15) is 0 Å². The molecule has 0 aliphatic carbocycles. The second-order valence-corrected chi connectivity index (χ2v) is 15.7. The van der Waals surface area contributed by atoms with Crippen molar-refractivity contribution in [2.24, 2.45) is 5.73 Å². The summed E-state index contributed by atoms with van der Waals surface area (Å²) in [4.78, 5) is 0. The van der Waals surface area contributed by atoms with Crippen LogP contribution in [0.15, 0.2) is 0 Å². The van der Waals surface area contributed by atoms with E-state index in [4.69, 9.17) is 39.0 Å². The Kier molecular flexibility index (Phi) is 17.7. The number of hydrogen-bond donors (Lipinski definition) is 1. The van der Waals surface area contributed by atoms with E-state index in [0.717, 1.165) is 19.0 Å². The lowest BCUT2D eigenvalue weighted by Gasteiger charge is -2.07. The molecule has 0 radical (unpaired) electrons. The fourth-order valence-electron chi connectivity index (χ4n) is 2.77. The molecule has 22 heavy (non-hydrogen) atoms. The molecule has 0 saturated heterocycles. The standard InChI is InChI=1S/C17H36Cl3NSi/c18-22(19,20)17-15-13-11-9-7-5-3-1-2-4-6-8-10-12-14-16-21/h1-17,21H2. The van der Waals surface area contributed by atoms with Gasteiger partial charge in [0, 0.05) is 0 Å². The van der Waals surface area contributed by atoms with E-state index in [-0.39, 0.29) is 0 Å². The Morgan fingerprint density at radius 2 is 0.727 bits per heavy atom. The average molecular weight is 389 g/mol. The lowest BCUT2D eigenvalue weighted by molar-refractivity contribution is 0.533. The molecule has 0 aromatic carbocycles. The molecule has 1 nitrogen and oxygen atoms in total. The Hall–Kier alpha value is 1.05. The summed E-state index contributed by atoms with van der Waals surface area (Å²) in [6, 6.07) is -1.53. The van der Waals surface area contributed by atoms with Gasteiger partial charge in [-0.3, -0.25) is 0 Å². The average Bonchev–Trinajstić information content (AvgIpc) is 2.45. The Morgan fingerprint density at radius 3 is 1.00 bits per heavy atom. The summed E-state index contributed by atoms with van der Waals surface area (Å²) >= 11 is 17.6. The number of unbranched alkanes of at least 4 members (excludes halogenated alkanes) is 14. The summed E-state index contributed by atoms with van der Waals surface area (Å²) < 4.78 is 0. The van der Waals surface area contributed by atoms with Gasteiger partial charge in [-0.15, -0.1) is 33.2 Å². The monoisotopic (exact) mass is 387 g/mol. The number of rotatable bonds is 17. The summed E-state index contributed by atoms with van der Waals surface area (Å²) in [6.07, 6.45) is 20.1. The van der Waals surface area contributed by atoms with Crippen molar-refractivity contribution in [2.45, 2.75) is 102 Å². The molecule has 0 aliphatic heterocycles. The van der Waals surface area contributed by atoms with Crippen LogP contribution < -0.4 is 5.73 Å². The number of nitrogens with two attached hydrogens (primary N) is 1. The fourth-order valence-corrected chi connectivity index (χ4v) is 4.62. The smallest absolute Gasteiger partial charge is 0.330 e. The Labute approximate surface area is 153 Å². The van der Waals surface area contributed by atoms with E-state index in [1.54, 1.807) is 0 Å². The van der Waals surface area contributed by atoms with Gasteiger partial charge in [-0.1, -0.05) is 89.9 Å². The molecular formula is C17H36Cl3NSi. The number of halogens is 3. The van der Waals surface area contributed by atoms with Gasteiger partial charge >= 0.3 is 6.00 Å². The third kappa shape index (κ3) is 21.0. The Bertz CT molecular complexity index is 222. The molecule has 0 saturated carbocycles. The molecule has 0 aromatic heterocycles. The van der Waals surface area contributed by atoms with Gasteiger partial charge in [0.05, 0.1) is 0 Å². The van der Waals surface area contributed by atoms with Crippen molar-refractivity contribution in [3.8, 4) is 0 Å². The van der Waals surface area contributed by atoms with E-state index in [0.29, 0.717) is 0 Å². The normalized spacial score (nSPS) is 12.0. The minimum atomic E-state index is -2.35. The Balaban J connectivity index is 3.00. The minimum absolute atomic E-state index is 0.823. The predicted octanol–water partition coefficient (Wildman–Crippen LogP) is 7.45. The highest BCUT2D eigenvalue weighted by molar-refractivity contribution is 7.64. The van der Waals surface area contributed by atoms with E-state index in [2.05, 4.69) is 0 Å². The third-order valence-electron chi connectivity index (χ3n) is 4.16. The summed E-state index contributed by atoms with van der Waals surface area (Å²) in [5.74, 6) is 0. The quantitative estimate of drug-likeness (QED) is 0.156. The van der Waals surface area contributed by atoms with Crippen LogP contribution in [-0.2, 0) is 0 Å². The third-order valence-corrected chi connectivity index (χ3v) is 6.79. The summed E-state index contributed by atoms with van der Waals surface area (Å²) in [6.45, 7) is 0.856. The van der Waals surface area contributed by atoms with Crippen LogP contribution in [0.1, 0.15) is 96.3 Å². The predicted molar refractivity (Wildman–Crippen MR) is 106 cm³/mol. The van der Waals surface area contributed by atoms with Gasteiger partial charge in [0.1, 0.15) is 0 Å². The van der Waals surface area contributed by atoms with E-state index in [9.17, 15) is 0 Å². The van der Waals surface area contributed by atoms with Crippen LogP contribution in [0, 0.1) is 0 Å². The van der Waals surface area contributed by atoms with Gasteiger partial charge in [-0.05, 0) is 19.0 Å². The topological polar surface area (TPSA) is 26.0 Å². The molecule has 0 amide bonds. The van der Waals surface area contributed by atoms with Crippen LogP contribution in [0.5, 0.6) is 0 Å². The van der Waals surface area contributed by atoms with Crippen molar-refractivity contribution in [1.82, 2.24) is 0 Å². The van der Waals surface area contributed by atoms with Crippen molar-refractivity contribution < 1.29 is 0 Å². The van der Waals surface area contributed by atoms with E-state index in [1.807, 2.05) is 0 Å².